The predicted molar refractivity (Wildman–Crippen MR) is 90.4 cm³/mol. The summed E-state index contributed by atoms with van der Waals surface area (Å²) >= 11 is 3.46. The SMILES string of the molecule is COc1ccccc1CN(C)C(CN)c1ccc(Br)cc1. The highest BCUT2D eigenvalue weighted by atomic mass is 79.9. The number of hydrogen-bond donors (Lipinski definition) is 1. The average molecular weight is 349 g/mol. The average Bonchev–Trinajstić information content (AvgIpc) is 2.50. The van der Waals surface area contributed by atoms with E-state index in [1.807, 2.05) is 18.2 Å². The second-order valence-electron chi connectivity index (χ2n) is 5.03. The monoisotopic (exact) mass is 348 g/mol. The Morgan fingerprint density at radius 3 is 2.43 bits per heavy atom. The highest BCUT2D eigenvalue weighted by Gasteiger charge is 2.16. The molecule has 0 aliphatic carbocycles. The first-order chi connectivity index (χ1) is 10.2. The second kappa shape index (κ2) is 7.59. The standard InChI is InChI=1S/C17H21BrN2O/c1-20(12-14-5-3-4-6-17(14)21-2)16(11-19)13-7-9-15(18)10-8-13/h3-10,16H,11-12,19H2,1-2H3. The number of benzene rings is 2. The van der Waals surface area contributed by atoms with Crippen molar-refractivity contribution in [3.05, 3.63) is 64.1 Å². The lowest BCUT2D eigenvalue weighted by atomic mass is 10.0. The quantitative estimate of drug-likeness (QED) is 0.866. The van der Waals surface area contributed by atoms with Gasteiger partial charge < -0.3 is 10.5 Å². The van der Waals surface area contributed by atoms with Crippen LogP contribution in [0.25, 0.3) is 0 Å². The van der Waals surface area contributed by atoms with Gasteiger partial charge in [0.25, 0.3) is 0 Å². The number of ether oxygens (including phenoxy) is 1. The molecule has 0 aromatic heterocycles. The maximum atomic E-state index is 5.98. The largest absolute Gasteiger partial charge is 0.496 e. The third-order valence-corrected chi connectivity index (χ3v) is 4.15. The lowest BCUT2D eigenvalue weighted by Gasteiger charge is -2.28. The van der Waals surface area contributed by atoms with E-state index in [0.717, 1.165) is 22.3 Å². The Bertz CT molecular complexity index is 571. The summed E-state index contributed by atoms with van der Waals surface area (Å²) in [7, 11) is 3.79. The van der Waals surface area contributed by atoms with E-state index in [9.17, 15) is 0 Å². The molecule has 0 fully saturated rings. The number of methoxy groups -OCH3 is 1. The molecule has 0 saturated heterocycles. The van der Waals surface area contributed by atoms with Crippen LogP contribution in [0, 0.1) is 0 Å². The highest BCUT2D eigenvalue weighted by molar-refractivity contribution is 9.10. The van der Waals surface area contributed by atoms with Crippen molar-refractivity contribution in [3.8, 4) is 5.75 Å². The van der Waals surface area contributed by atoms with Crippen LogP contribution >= 0.6 is 15.9 Å². The van der Waals surface area contributed by atoms with Crippen molar-refractivity contribution in [2.75, 3.05) is 20.7 Å². The normalized spacial score (nSPS) is 12.4. The summed E-state index contributed by atoms with van der Waals surface area (Å²) in [4.78, 5) is 2.25. The molecule has 3 nitrogen and oxygen atoms in total. The number of para-hydroxylation sites is 1. The molecule has 21 heavy (non-hydrogen) atoms. The van der Waals surface area contributed by atoms with E-state index < -0.39 is 0 Å². The molecule has 112 valence electrons. The van der Waals surface area contributed by atoms with Gasteiger partial charge in [-0.3, -0.25) is 4.90 Å². The number of rotatable bonds is 6. The molecule has 1 atom stereocenters. The van der Waals surface area contributed by atoms with Crippen molar-refractivity contribution in [3.63, 3.8) is 0 Å². The molecule has 0 aliphatic heterocycles. The first-order valence-corrected chi connectivity index (χ1v) is 7.72. The van der Waals surface area contributed by atoms with Gasteiger partial charge in [-0.15, -0.1) is 0 Å². The zero-order chi connectivity index (χ0) is 15.2. The van der Waals surface area contributed by atoms with Crippen molar-refractivity contribution in [2.45, 2.75) is 12.6 Å². The van der Waals surface area contributed by atoms with Crippen molar-refractivity contribution >= 4 is 15.9 Å². The summed E-state index contributed by atoms with van der Waals surface area (Å²) in [6.45, 7) is 1.37. The van der Waals surface area contributed by atoms with Crippen molar-refractivity contribution in [2.24, 2.45) is 5.73 Å². The van der Waals surface area contributed by atoms with E-state index in [0.29, 0.717) is 6.54 Å². The van der Waals surface area contributed by atoms with Crippen molar-refractivity contribution in [1.29, 1.82) is 0 Å². The highest BCUT2D eigenvalue weighted by Crippen LogP contribution is 2.25. The number of nitrogens with zero attached hydrogens (tertiary/aromatic N) is 1. The molecule has 2 aromatic rings. The van der Waals surface area contributed by atoms with Crippen molar-refractivity contribution in [1.82, 2.24) is 4.90 Å². The minimum Gasteiger partial charge on any atom is -0.496 e. The number of hydrogen-bond acceptors (Lipinski definition) is 3. The third kappa shape index (κ3) is 4.06. The summed E-state index contributed by atoms with van der Waals surface area (Å²) in [6.07, 6.45) is 0. The number of halogens is 1. The molecular weight excluding hydrogens is 328 g/mol. The second-order valence-corrected chi connectivity index (χ2v) is 5.95. The topological polar surface area (TPSA) is 38.5 Å². The first kappa shape index (κ1) is 16.0. The molecule has 2 N–H and O–H groups in total. The van der Waals surface area contributed by atoms with Gasteiger partial charge in [-0.1, -0.05) is 46.3 Å². The fraction of sp³-hybridized carbons (Fsp3) is 0.294. The fourth-order valence-electron chi connectivity index (χ4n) is 2.47. The van der Waals surface area contributed by atoms with Gasteiger partial charge in [0.2, 0.25) is 0 Å². The van der Waals surface area contributed by atoms with E-state index in [1.165, 1.54) is 5.56 Å². The Kier molecular flexibility index (Phi) is 5.79. The van der Waals surface area contributed by atoms with E-state index in [-0.39, 0.29) is 6.04 Å². The van der Waals surface area contributed by atoms with Crippen LogP contribution < -0.4 is 10.5 Å². The Morgan fingerprint density at radius 2 is 1.81 bits per heavy atom. The minimum absolute atomic E-state index is 0.183. The predicted octanol–water partition coefficient (Wildman–Crippen LogP) is 3.59. The van der Waals surface area contributed by atoms with Crippen LogP contribution in [-0.2, 0) is 6.54 Å². The Balaban J connectivity index is 2.16. The van der Waals surface area contributed by atoms with Crippen LogP contribution in [0.1, 0.15) is 17.2 Å². The molecule has 0 spiro atoms. The fourth-order valence-corrected chi connectivity index (χ4v) is 2.73. The van der Waals surface area contributed by atoms with Crippen LogP contribution in [0.4, 0.5) is 0 Å². The zero-order valence-electron chi connectivity index (χ0n) is 12.4. The van der Waals surface area contributed by atoms with Gasteiger partial charge in [-0.2, -0.15) is 0 Å². The van der Waals surface area contributed by atoms with Gasteiger partial charge in [-0.25, -0.2) is 0 Å². The Labute approximate surface area is 134 Å². The Morgan fingerprint density at radius 1 is 1.14 bits per heavy atom. The summed E-state index contributed by atoms with van der Waals surface area (Å²) in [5, 5.41) is 0. The van der Waals surface area contributed by atoms with Crippen LogP contribution in [0.2, 0.25) is 0 Å². The lowest BCUT2D eigenvalue weighted by Crippen LogP contribution is -2.30. The summed E-state index contributed by atoms with van der Waals surface area (Å²) in [5.74, 6) is 0.913. The smallest absolute Gasteiger partial charge is 0.123 e. The minimum atomic E-state index is 0.183. The van der Waals surface area contributed by atoms with Gasteiger partial charge >= 0.3 is 0 Å². The molecule has 0 amide bonds. The van der Waals surface area contributed by atoms with E-state index in [2.05, 4.69) is 58.2 Å². The maximum absolute atomic E-state index is 5.98. The van der Waals surface area contributed by atoms with E-state index in [4.69, 9.17) is 10.5 Å². The van der Waals surface area contributed by atoms with Crippen LogP contribution in [0.5, 0.6) is 5.75 Å². The number of likely N-dealkylation sites (N-methyl/N-ethyl adjacent to an activating group) is 1. The molecule has 0 heterocycles. The lowest BCUT2D eigenvalue weighted by molar-refractivity contribution is 0.238. The molecule has 2 aromatic carbocycles. The molecular formula is C17H21BrN2O. The molecule has 0 radical (unpaired) electrons. The Hall–Kier alpha value is -1.36. The molecule has 0 aliphatic rings. The molecule has 0 bridgehead atoms. The van der Waals surface area contributed by atoms with Gasteiger partial charge in [0, 0.05) is 29.2 Å². The van der Waals surface area contributed by atoms with Gasteiger partial charge in [0.15, 0.2) is 0 Å². The van der Waals surface area contributed by atoms with E-state index in [1.54, 1.807) is 7.11 Å². The molecule has 0 saturated carbocycles. The van der Waals surface area contributed by atoms with Gasteiger partial charge in [0.05, 0.1) is 7.11 Å². The molecule has 4 heteroatoms. The third-order valence-electron chi connectivity index (χ3n) is 3.62. The van der Waals surface area contributed by atoms with Gasteiger partial charge in [0.1, 0.15) is 5.75 Å². The van der Waals surface area contributed by atoms with Crippen LogP contribution in [0.15, 0.2) is 53.0 Å². The molecule has 1 unspecified atom stereocenters. The zero-order valence-corrected chi connectivity index (χ0v) is 14.0. The first-order valence-electron chi connectivity index (χ1n) is 6.93. The van der Waals surface area contributed by atoms with E-state index >= 15 is 0 Å². The maximum Gasteiger partial charge on any atom is 0.123 e. The summed E-state index contributed by atoms with van der Waals surface area (Å²) in [5.41, 5.74) is 8.37. The number of nitrogens with two attached hydrogens (primary N) is 1. The molecule has 2 rings (SSSR count). The summed E-state index contributed by atoms with van der Waals surface area (Å²) < 4.78 is 6.50. The van der Waals surface area contributed by atoms with Gasteiger partial charge in [-0.05, 0) is 30.8 Å². The van der Waals surface area contributed by atoms with Crippen LogP contribution in [-0.4, -0.2) is 25.6 Å². The summed E-state index contributed by atoms with van der Waals surface area (Å²) in [6, 6.07) is 16.6. The van der Waals surface area contributed by atoms with Crippen LogP contribution in [0.3, 0.4) is 0 Å². The van der Waals surface area contributed by atoms with Crippen molar-refractivity contribution < 1.29 is 4.74 Å².